The summed E-state index contributed by atoms with van der Waals surface area (Å²) in [6.07, 6.45) is 2.51. The number of allylic oxidation sites excluding steroid dienone is 1. The molecule has 1 aromatic rings. The number of rotatable bonds is 4. The highest BCUT2D eigenvalue weighted by atomic mass is 16.5. The van der Waals surface area contributed by atoms with E-state index in [0.29, 0.717) is 23.3 Å². The number of carbonyl (C=O) groups is 1. The molecule has 0 amide bonds. The quantitative estimate of drug-likeness (QED) is 0.351. The van der Waals surface area contributed by atoms with Gasteiger partial charge in [-0.3, -0.25) is 0 Å². The summed E-state index contributed by atoms with van der Waals surface area (Å²) < 4.78 is 5.06. The van der Waals surface area contributed by atoms with E-state index in [0.717, 1.165) is 5.56 Å². The first kappa shape index (κ1) is 13.7. The van der Waals surface area contributed by atoms with Crippen molar-refractivity contribution in [2.24, 2.45) is 0 Å². The molecule has 0 N–H and O–H groups in total. The van der Waals surface area contributed by atoms with E-state index >= 15 is 0 Å². The standard InChI is InChI=1S/C15H15NO2/c1-4-12(10-16)9-13-5-7-14(8-6-13)18-15(17)11(2)3/h5-9H,2,4H2,1,3H3. The van der Waals surface area contributed by atoms with E-state index in [-0.39, 0.29) is 0 Å². The Morgan fingerprint density at radius 2 is 2.06 bits per heavy atom. The van der Waals surface area contributed by atoms with Gasteiger partial charge in [0.1, 0.15) is 5.75 Å². The van der Waals surface area contributed by atoms with Crippen molar-refractivity contribution < 1.29 is 9.53 Å². The highest BCUT2D eigenvalue weighted by molar-refractivity contribution is 5.88. The lowest BCUT2D eigenvalue weighted by Gasteiger charge is -2.03. The van der Waals surface area contributed by atoms with Gasteiger partial charge in [0.25, 0.3) is 0 Å². The van der Waals surface area contributed by atoms with Crippen molar-refractivity contribution in [1.82, 2.24) is 0 Å². The smallest absolute Gasteiger partial charge is 0.338 e. The van der Waals surface area contributed by atoms with Crippen molar-refractivity contribution in [1.29, 1.82) is 5.26 Å². The molecule has 0 aliphatic carbocycles. The number of hydrogen-bond donors (Lipinski definition) is 0. The first-order chi connectivity index (χ1) is 8.56. The molecule has 0 aliphatic rings. The predicted molar refractivity (Wildman–Crippen MR) is 70.8 cm³/mol. The van der Waals surface area contributed by atoms with E-state index in [1.54, 1.807) is 31.2 Å². The molecule has 0 unspecified atom stereocenters. The molecular formula is C15H15NO2. The average molecular weight is 241 g/mol. The first-order valence-electron chi connectivity index (χ1n) is 5.65. The van der Waals surface area contributed by atoms with Crippen molar-refractivity contribution in [3.63, 3.8) is 0 Å². The summed E-state index contributed by atoms with van der Waals surface area (Å²) in [4.78, 5) is 11.3. The molecule has 18 heavy (non-hydrogen) atoms. The zero-order valence-corrected chi connectivity index (χ0v) is 10.6. The minimum absolute atomic E-state index is 0.358. The second-order valence-corrected chi connectivity index (χ2v) is 3.87. The summed E-state index contributed by atoms with van der Waals surface area (Å²) in [5.74, 6) is 0.0275. The Bertz CT molecular complexity index is 518. The minimum Gasteiger partial charge on any atom is -0.423 e. The van der Waals surface area contributed by atoms with Gasteiger partial charge in [-0.1, -0.05) is 25.6 Å². The van der Waals surface area contributed by atoms with Crippen LogP contribution in [0.4, 0.5) is 0 Å². The Kier molecular flexibility index (Phi) is 4.89. The van der Waals surface area contributed by atoms with Crippen molar-refractivity contribution in [3.05, 3.63) is 47.6 Å². The molecule has 0 heterocycles. The largest absolute Gasteiger partial charge is 0.423 e. The Morgan fingerprint density at radius 3 is 2.50 bits per heavy atom. The molecule has 0 radical (unpaired) electrons. The van der Waals surface area contributed by atoms with Gasteiger partial charge in [0.05, 0.1) is 6.07 Å². The summed E-state index contributed by atoms with van der Waals surface area (Å²) in [7, 11) is 0. The second-order valence-electron chi connectivity index (χ2n) is 3.87. The lowest BCUT2D eigenvalue weighted by Crippen LogP contribution is -2.07. The number of carbonyl (C=O) groups excluding carboxylic acids is 1. The number of nitriles is 1. The summed E-state index contributed by atoms with van der Waals surface area (Å²) in [5, 5.41) is 8.82. The SMILES string of the molecule is C=C(C)C(=O)Oc1ccc(C=C(C#N)CC)cc1. The van der Waals surface area contributed by atoms with E-state index in [2.05, 4.69) is 12.6 Å². The van der Waals surface area contributed by atoms with Crippen molar-refractivity contribution in [2.75, 3.05) is 0 Å². The Labute approximate surface area is 107 Å². The van der Waals surface area contributed by atoms with Gasteiger partial charge in [0.15, 0.2) is 0 Å². The zero-order valence-electron chi connectivity index (χ0n) is 10.6. The van der Waals surface area contributed by atoms with Crippen molar-refractivity contribution in [2.45, 2.75) is 20.3 Å². The molecule has 1 aromatic carbocycles. The predicted octanol–water partition coefficient (Wildman–Crippen LogP) is 3.49. The molecule has 0 bridgehead atoms. The molecule has 0 saturated heterocycles. The van der Waals surface area contributed by atoms with E-state index in [1.165, 1.54) is 0 Å². The zero-order chi connectivity index (χ0) is 13.5. The van der Waals surface area contributed by atoms with Gasteiger partial charge in [-0.2, -0.15) is 5.26 Å². The topological polar surface area (TPSA) is 50.1 Å². The molecule has 0 saturated carbocycles. The Balaban J connectivity index is 2.81. The fourth-order valence-corrected chi connectivity index (χ4v) is 1.24. The maximum absolute atomic E-state index is 11.3. The third-order valence-corrected chi connectivity index (χ3v) is 2.30. The van der Waals surface area contributed by atoms with Gasteiger partial charge in [0, 0.05) is 11.1 Å². The summed E-state index contributed by atoms with van der Waals surface area (Å²) in [6, 6.07) is 9.11. The lowest BCUT2D eigenvalue weighted by molar-refractivity contribution is -0.130. The third-order valence-electron chi connectivity index (χ3n) is 2.30. The van der Waals surface area contributed by atoms with Gasteiger partial charge < -0.3 is 4.74 Å². The van der Waals surface area contributed by atoms with Gasteiger partial charge in [-0.15, -0.1) is 0 Å². The third kappa shape index (κ3) is 3.91. The van der Waals surface area contributed by atoms with Crippen LogP contribution >= 0.6 is 0 Å². The minimum atomic E-state index is -0.440. The number of benzene rings is 1. The fourth-order valence-electron chi connectivity index (χ4n) is 1.24. The molecule has 3 heteroatoms. The van der Waals surface area contributed by atoms with E-state index in [4.69, 9.17) is 10.00 Å². The molecule has 1 rings (SSSR count). The van der Waals surface area contributed by atoms with Crippen LogP contribution < -0.4 is 4.74 Å². The van der Waals surface area contributed by atoms with E-state index < -0.39 is 5.97 Å². The van der Waals surface area contributed by atoms with Gasteiger partial charge in [-0.05, 0) is 37.1 Å². The van der Waals surface area contributed by atoms with Crippen LogP contribution in [0.5, 0.6) is 5.75 Å². The summed E-state index contributed by atoms with van der Waals surface area (Å²) in [5.41, 5.74) is 1.97. The normalized spacial score (nSPS) is 10.6. The second kappa shape index (κ2) is 6.41. The number of hydrogen-bond acceptors (Lipinski definition) is 3. The molecule has 0 aliphatic heterocycles. The van der Waals surface area contributed by atoms with Crippen molar-refractivity contribution in [3.8, 4) is 11.8 Å². The van der Waals surface area contributed by atoms with Crippen LogP contribution in [0, 0.1) is 11.3 Å². The Morgan fingerprint density at radius 1 is 1.44 bits per heavy atom. The number of esters is 1. The number of ether oxygens (including phenoxy) is 1. The van der Waals surface area contributed by atoms with E-state index in [9.17, 15) is 4.79 Å². The lowest BCUT2D eigenvalue weighted by atomic mass is 10.1. The van der Waals surface area contributed by atoms with Crippen LogP contribution in [-0.4, -0.2) is 5.97 Å². The molecule has 0 aromatic heterocycles. The van der Waals surface area contributed by atoms with Crippen LogP contribution in [0.25, 0.3) is 6.08 Å². The molecule has 0 spiro atoms. The van der Waals surface area contributed by atoms with Gasteiger partial charge in [0.2, 0.25) is 0 Å². The average Bonchev–Trinajstić information content (AvgIpc) is 2.37. The van der Waals surface area contributed by atoms with Crippen LogP contribution in [0.2, 0.25) is 0 Å². The van der Waals surface area contributed by atoms with Gasteiger partial charge >= 0.3 is 5.97 Å². The van der Waals surface area contributed by atoms with Crippen LogP contribution in [-0.2, 0) is 4.79 Å². The maximum Gasteiger partial charge on any atom is 0.338 e. The molecule has 3 nitrogen and oxygen atoms in total. The molecule has 92 valence electrons. The van der Waals surface area contributed by atoms with E-state index in [1.807, 2.05) is 13.0 Å². The fraction of sp³-hybridized carbons (Fsp3) is 0.200. The molecule has 0 atom stereocenters. The van der Waals surface area contributed by atoms with Crippen LogP contribution in [0.1, 0.15) is 25.8 Å². The van der Waals surface area contributed by atoms with Gasteiger partial charge in [-0.25, -0.2) is 4.79 Å². The molecular weight excluding hydrogens is 226 g/mol. The highest BCUT2D eigenvalue weighted by Gasteiger charge is 2.04. The monoisotopic (exact) mass is 241 g/mol. The summed E-state index contributed by atoms with van der Waals surface area (Å²) in [6.45, 7) is 7.04. The van der Waals surface area contributed by atoms with Crippen LogP contribution in [0.3, 0.4) is 0 Å². The maximum atomic E-state index is 11.3. The highest BCUT2D eigenvalue weighted by Crippen LogP contribution is 2.16. The summed E-state index contributed by atoms with van der Waals surface area (Å²) >= 11 is 0. The number of nitrogens with zero attached hydrogens (tertiary/aromatic N) is 1. The molecule has 0 fully saturated rings. The first-order valence-corrected chi connectivity index (χ1v) is 5.65. The Hall–Kier alpha value is -2.34. The van der Waals surface area contributed by atoms with Crippen LogP contribution in [0.15, 0.2) is 42.0 Å². The van der Waals surface area contributed by atoms with Crippen molar-refractivity contribution >= 4 is 12.0 Å².